The highest BCUT2D eigenvalue weighted by Crippen LogP contribution is 2.37. The maximum atomic E-state index is 11.1. The Labute approximate surface area is 113 Å². The van der Waals surface area contributed by atoms with E-state index in [2.05, 4.69) is 4.98 Å². The van der Waals surface area contributed by atoms with Gasteiger partial charge in [0.05, 0.1) is 20.1 Å². The fourth-order valence-electron chi connectivity index (χ4n) is 2.18. The number of nitrogens with two attached hydrogens (primary N) is 1. The zero-order chi connectivity index (χ0) is 13.6. The Morgan fingerprint density at radius 1 is 1.53 bits per heavy atom. The number of benzene rings is 1. The van der Waals surface area contributed by atoms with Crippen LogP contribution in [0.2, 0.25) is 0 Å². The summed E-state index contributed by atoms with van der Waals surface area (Å²) in [5, 5.41) is 12.0. The van der Waals surface area contributed by atoms with Crippen molar-refractivity contribution in [3.8, 4) is 5.75 Å². The van der Waals surface area contributed by atoms with Crippen LogP contribution in [0.1, 0.15) is 17.8 Å². The van der Waals surface area contributed by atoms with E-state index in [0.29, 0.717) is 5.75 Å². The molecule has 1 aliphatic carbocycles. The lowest BCUT2D eigenvalue weighted by atomic mass is 9.90. The number of aromatic nitrogens is 1. The molecular weight excluding hydrogens is 266 g/mol. The number of thiazole rings is 1. The summed E-state index contributed by atoms with van der Waals surface area (Å²) in [6, 6.07) is 3.34. The molecule has 7 heteroatoms. The van der Waals surface area contributed by atoms with Crippen LogP contribution in [0, 0.1) is 17.0 Å². The van der Waals surface area contributed by atoms with E-state index in [1.165, 1.54) is 17.4 Å². The van der Waals surface area contributed by atoms with Gasteiger partial charge in [-0.2, -0.15) is 0 Å². The van der Waals surface area contributed by atoms with Crippen LogP contribution in [0.3, 0.4) is 0 Å². The first kappa shape index (κ1) is 12.3. The Bertz CT molecular complexity index is 649. The molecule has 0 unspecified atom stereocenters. The van der Waals surface area contributed by atoms with Crippen molar-refractivity contribution >= 4 is 27.2 Å². The zero-order valence-electron chi connectivity index (χ0n) is 10.3. The van der Waals surface area contributed by atoms with Crippen LogP contribution < -0.4 is 10.5 Å². The minimum atomic E-state index is -0.414. The van der Waals surface area contributed by atoms with Gasteiger partial charge in [0.25, 0.3) is 0 Å². The van der Waals surface area contributed by atoms with E-state index < -0.39 is 4.92 Å². The van der Waals surface area contributed by atoms with Crippen LogP contribution in [0.5, 0.6) is 5.75 Å². The summed E-state index contributed by atoms with van der Waals surface area (Å²) in [6.07, 6.45) is 1.46. The van der Waals surface area contributed by atoms with Crippen LogP contribution >= 0.6 is 11.3 Å². The van der Waals surface area contributed by atoms with Gasteiger partial charge in [0.15, 0.2) is 5.75 Å². The quantitative estimate of drug-likeness (QED) is 0.688. The summed E-state index contributed by atoms with van der Waals surface area (Å²) in [6.45, 7) is 1.88. The first-order valence-corrected chi connectivity index (χ1v) is 6.82. The molecule has 0 amide bonds. The number of hydrogen-bond donors (Lipinski definition) is 1. The predicted molar refractivity (Wildman–Crippen MR) is 72.6 cm³/mol. The summed E-state index contributed by atoms with van der Waals surface area (Å²) in [4.78, 5) is 15.0. The number of nitro groups is 1. The number of aryl methyl sites for hydroxylation is 1. The molecule has 1 aromatic heterocycles. The summed E-state index contributed by atoms with van der Waals surface area (Å²) in [7, 11) is 0. The first-order chi connectivity index (χ1) is 9.02. The number of ether oxygens (including phenoxy) is 1. The van der Waals surface area contributed by atoms with E-state index in [9.17, 15) is 10.1 Å². The molecule has 0 atom stereocenters. The van der Waals surface area contributed by atoms with Gasteiger partial charge in [-0.15, -0.1) is 11.3 Å². The fraction of sp³-hybridized carbons (Fsp3) is 0.417. The smallest absolute Gasteiger partial charge is 0.312 e. The maximum Gasteiger partial charge on any atom is 0.312 e. The summed E-state index contributed by atoms with van der Waals surface area (Å²) in [5.41, 5.74) is 6.43. The van der Waals surface area contributed by atoms with Crippen LogP contribution in [0.15, 0.2) is 12.1 Å². The minimum Gasteiger partial charge on any atom is -0.483 e. The van der Waals surface area contributed by atoms with Crippen molar-refractivity contribution < 1.29 is 9.66 Å². The van der Waals surface area contributed by atoms with E-state index in [0.717, 1.165) is 28.1 Å². The largest absolute Gasteiger partial charge is 0.483 e. The monoisotopic (exact) mass is 279 g/mol. The number of rotatable bonds is 3. The Hall–Kier alpha value is -1.73. The number of fused-ring (bicyclic) bond motifs is 1. The first-order valence-electron chi connectivity index (χ1n) is 6.01. The molecule has 6 nitrogen and oxygen atoms in total. The molecule has 0 aliphatic heterocycles. The van der Waals surface area contributed by atoms with Gasteiger partial charge >= 0.3 is 5.69 Å². The van der Waals surface area contributed by atoms with Crippen molar-refractivity contribution in [1.82, 2.24) is 4.98 Å². The van der Waals surface area contributed by atoms with Gasteiger partial charge in [-0.05, 0) is 19.8 Å². The molecule has 2 aromatic rings. The van der Waals surface area contributed by atoms with Crippen LogP contribution in [0.4, 0.5) is 5.69 Å². The van der Waals surface area contributed by atoms with Crippen molar-refractivity contribution in [3.05, 3.63) is 27.3 Å². The molecule has 0 saturated heterocycles. The minimum absolute atomic E-state index is 0.00313. The summed E-state index contributed by atoms with van der Waals surface area (Å²) < 4.78 is 6.48. The van der Waals surface area contributed by atoms with Gasteiger partial charge in [-0.1, -0.05) is 0 Å². The van der Waals surface area contributed by atoms with Crippen molar-refractivity contribution in [2.24, 2.45) is 5.73 Å². The third-order valence-corrected chi connectivity index (χ3v) is 4.13. The molecule has 1 fully saturated rings. The molecule has 0 bridgehead atoms. The highest BCUT2D eigenvalue weighted by molar-refractivity contribution is 7.18. The Morgan fingerprint density at radius 2 is 2.26 bits per heavy atom. The standard InChI is InChI=1S/C12H13N3O3S/c1-6-14-9-4-11(18-8-2-7(13)3-8)10(15(16)17)5-12(9)19-6/h4-5,7-8H,2-3,13H2,1H3. The van der Waals surface area contributed by atoms with Crippen molar-refractivity contribution in [2.45, 2.75) is 31.9 Å². The van der Waals surface area contributed by atoms with Gasteiger partial charge in [0, 0.05) is 18.2 Å². The Kier molecular flexibility index (Phi) is 2.87. The lowest BCUT2D eigenvalue weighted by molar-refractivity contribution is -0.386. The van der Waals surface area contributed by atoms with Gasteiger partial charge in [-0.25, -0.2) is 4.98 Å². The molecule has 0 spiro atoms. The van der Waals surface area contributed by atoms with Crippen LogP contribution in [-0.4, -0.2) is 22.1 Å². The second-order valence-corrected chi connectivity index (χ2v) is 5.98. The maximum absolute atomic E-state index is 11.1. The molecule has 19 heavy (non-hydrogen) atoms. The van der Waals surface area contributed by atoms with E-state index in [4.69, 9.17) is 10.5 Å². The van der Waals surface area contributed by atoms with E-state index in [1.54, 1.807) is 6.07 Å². The predicted octanol–water partition coefficient (Wildman–Crippen LogP) is 2.38. The molecule has 1 aromatic carbocycles. The second kappa shape index (κ2) is 4.43. The summed E-state index contributed by atoms with van der Waals surface area (Å²) in [5.74, 6) is 0.291. The lowest BCUT2D eigenvalue weighted by Gasteiger charge is -2.32. The highest BCUT2D eigenvalue weighted by atomic mass is 32.1. The van der Waals surface area contributed by atoms with Crippen LogP contribution in [0.25, 0.3) is 10.2 Å². The fourth-order valence-corrected chi connectivity index (χ4v) is 3.02. The van der Waals surface area contributed by atoms with Gasteiger partial charge in [0.2, 0.25) is 0 Å². The Morgan fingerprint density at radius 3 is 2.89 bits per heavy atom. The average molecular weight is 279 g/mol. The van der Waals surface area contributed by atoms with Gasteiger partial charge in [-0.3, -0.25) is 10.1 Å². The van der Waals surface area contributed by atoms with E-state index in [-0.39, 0.29) is 17.8 Å². The second-order valence-electron chi connectivity index (χ2n) is 4.75. The number of nitro benzene ring substituents is 1. The third-order valence-electron chi connectivity index (χ3n) is 3.20. The topological polar surface area (TPSA) is 91.3 Å². The van der Waals surface area contributed by atoms with Crippen molar-refractivity contribution in [2.75, 3.05) is 0 Å². The molecule has 3 rings (SSSR count). The molecule has 2 N–H and O–H groups in total. The van der Waals surface area contributed by atoms with E-state index >= 15 is 0 Å². The van der Waals surface area contributed by atoms with E-state index in [1.807, 2.05) is 6.92 Å². The third kappa shape index (κ3) is 2.26. The lowest BCUT2D eigenvalue weighted by Crippen LogP contribution is -2.43. The number of nitrogens with zero attached hydrogens (tertiary/aromatic N) is 2. The normalized spacial score (nSPS) is 22.2. The van der Waals surface area contributed by atoms with Crippen molar-refractivity contribution in [1.29, 1.82) is 0 Å². The summed E-state index contributed by atoms with van der Waals surface area (Å²) >= 11 is 1.44. The van der Waals surface area contributed by atoms with Crippen molar-refractivity contribution in [3.63, 3.8) is 0 Å². The Balaban J connectivity index is 1.99. The zero-order valence-corrected chi connectivity index (χ0v) is 11.1. The molecular formula is C12H13N3O3S. The average Bonchev–Trinajstić information content (AvgIpc) is 2.65. The molecule has 1 heterocycles. The van der Waals surface area contributed by atoms with Crippen LogP contribution in [-0.2, 0) is 0 Å². The van der Waals surface area contributed by atoms with Gasteiger partial charge < -0.3 is 10.5 Å². The van der Waals surface area contributed by atoms with Gasteiger partial charge in [0.1, 0.15) is 6.10 Å². The molecule has 0 radical (unpaired) electrons. The molecule has 100 valence electrons. The molecule has 1 saturated carbocycles. The number of hydrogen-bond acceptors (Lipinski definition) is 6. The molecule has 1 aliphatic rings. The SMILES string of the molecule is Cc1nc2cc(OC3CC(N)C3)c([N+](=O)[O-])cc2s1. The highest BCUT2D eigenvalue weighted by Gasteiger charge is 2.30.